The maximum atomic E-state index is 15.0. The Bertz CT molecular complexity index is 1170. The van der Waals surface area contributed by atoms with E-state index in [4.69, 9.17) is 18.8 Å². The van der Waals surface area contributed by atoms with Gasteiger partial charge in [0.15, 0.2) is 0 Å². The number of hydrogen-bond donors (Lipinski definition) is 0. The van der Waals surface area contributed by atoms with Gasteiger partial charge >= 0.3 is 7.12 Å². The highest BCUT2D eigenvalue weighted by atomic mass is 32.2. The van der Waals surface area contributed by atoms with E-state index in [1.54, 1.807) is 21.1 Å². The van der Waals surface area contributed by atoms with Crippen molar-refractivity contribution in [1.82, 2.24) is 4.31 Å². The number of hydrogen-bond acceptors (Lipinski definition) is 6. The molecule has 2 atom stereocenters. The second-order valence-corrected chi connectivity index (χ2v) is 13.4. The van der Waals surface area contributed by atoms with Gasteiger partial charge in [-0.15, -0.1) is 0 Å². The van der Waals surface area contributed by atoms with Crippen LogP contribution >= 0.6 is 0 Å². The summed E-state index contributed by atoms with van der Waals surface area (Å²) in [6, 6.07) is 14.6. The molecule has 0 saturated carbocycles. The van der Waals surface area contributed by atoms with Gasteiger partial charge in [0.2, 0.25) is 10.0 Å². The number of benzene rings is 2. The third-order valence-corrected chi connectivity index (χ3v) is 10.2. The maximum Gasteiger partial charge on any atom is 0.524 e. The monoisotopic (exact) mass is 561 g/mol. The van der Waals surface area contributed by atoms with Crippen molar-refractivity contribution in [3.8, 4) is 11.5 Å². The lowest BCUT2D eigenvalue weighted by molar-refractivity contribution is 0.00578. The summed E-state index contributed by atoms with van der Waals surface area (Å²) in [4.78, 5) is 0. The molecule has 0 aliphatic carbocycles. The van der Waals surface area contributed by atoms with E-state index in [2.05, 4.69) is 0 Å². The Kier molecular flexibility index (Phi) is 9.91. The second kappa shape index (κ2) is 12.4. The van der Waals surface area contributed by atoms with Crippen LogP contribution in [0.25, 0.3) is 0 Å². The molecule has 214 valence electrons. The third-order valence-electron chi connectivity index (χ3n) is 7.83. The normalized spacial score (nSPS) is 18.7. The standard InChI is InChI=1S/C29H41BFNO6S/c1-21(9-18-27(31)30-37-28(3,4)29(5,6)38-30)22(2)39(33,34)32(19-23-10-14-25(35-7)15-11-23)20-24-12-16-26(36-8)17-13-24/h10-18,21-22H,9,19-20H2,1-8H3/b27-18-/t21-,22+/m0/s1. The van der Waals surface area contributed by atoms with Gasteiger partial charge in [-0.1, -0.05) is 37.3 Å². The molecule has 1 aliphatic rings. The fourth-order valence-electron chi connectivity index (χ4n) is 4.18. The van der Waals surface area contributed by atoms with Crippen molar-refractivity contribution in [2.45, 2.75) is 77.5 Å². The van der Waals surface area contributed by atoms with Crippen molar-refractivity contribution >= 4 is 17.1 Å². The van der Waals surface area contributed by atoms with Crippen molar-refractivity contribution in [2.24, 2.45) is 5.92 Å². The van der Waals surface area contributed by atoms with E-state index in [1.807, 2.05) is 83.1 Å². The van der Waals surface area contributed by atoms with Crippen molar-refractivity contribution in [3.63, 3.8) is 0 Å². The van der Waals surface area contributed by atoms with Gasteiger partial charge in [-0.25, -0.2) is 12.8 Å². The first-order valence-corrected chi connectivity index (χ1v) is 14.7. The minimum atomic E-state index is -3.78. The topological polar surface area (TPSA) is 74.3 Å². The summed E-state index contributed by atoms with van der Waals surface area (Å²) < 4.78 is 66.3. The summed E-state index contributed by atoms with van der Waals surface area (Å²) in [6.07, 6.45) is 1.60. The van der Waals surface area contributed by atoms with Crippen LogP contribution in [0.3, 0.4) is 0 Å². The lowest BCUT2D eigenvalue weighted by atomic mass is 9.86. The van der Waals surface area contributed by atoms with Crippen LogP contribution in [0.4, 0.5) is 4.39 Å². The van der Waals surface area contributed by atoms with Crippen molar-refractivity contribution in [3.05, 3.63) is 71.5 Å². The molecular weight excluding hydrogens is 520 g/mol. The molecule has 2 aromatic carbocycles. The van der Waals surface area contributed by atoms with Crippen LogP contribution in [0.15, 0.2) is 60.3 Å². The van der Waals surface area contributed by atoms with Crippen LogP contribution in [0.5, 0.6) is 11.5 Å². The van der Waals surface area contributed by atoms with Crippen LogP contribution < -0.4 is 9.47 Å². The molecule has 0 radical (unpaired) electrons. The number of rotatable bonds is 12. The van der Waals surface area contributed by atoms with Gasteiger partial charge in [0.05, 0.1) is 30.7 Å². The number of allylic oxidation sites excluding steroid dienone is 1. The van der Waals surface area contributed by atoms with E-state index in [1.165, 1.54) is 10.4 Å². The molecular formula is C29H41BFNO6S. The molecule has 1 aliphatic heterocycles. The zero-order valence-corrected chi connectivity index (χ0v) is 25.0. The van der Waals surface area contributed by atoms with E-state index in [0.29, 0.717) is 11.5 Å². The fourth-order valence-corrected chi connectivity index (χ4v) is 6.00. The summed E-state index contributed by atoms with van der Waals surface area (Å²) in [5.74, 6) is 1.03. The highest BCUT2D eigenvalue weighted by Gasteiger charge is 2.53. The Labute approximate surface area is 233 Å². The molecule has 1 saturated heterocycles. The Morgan fingerprint density at radius 2 is 1.31 bits per heavy atom. The maximum absolute atomic E-state index is 15.0. The fraction of sp³-hybridized carbons (Fsp3) is 0.517. The molecule has 39 heavy (non-hydrogen) atoms. The Balaban J connectivity index is 1.79. The van der Waals surface area contributed by atoms with E-state index >= 15 is 4.39 Å². The van der Waals surface area contributed by atoms with E-state index < -0.39 is 39.3 Å². The minimum absolute atomic E-state index is 0.188. The lowest BCUT2D eigenvalue weighted by Gasteiger charge is -2.32. The molecule has 0 unspecified atom stereocenters. The summed E-state index contributed by atoms with van der Waals surface area (Å²) in [7, 11) is -1.71. The predicted octanol–water partition coefficient (Wildman–Crippen LogP) is 5.94. The van der Waals surface area contributed by atoms with Gasteiger partial charge in [-0.2, -0.15) is 4.31 Å². The van der Waals surface area contributed by atoms with Crippen molar-refractivity contribution in [1.29, 1.82) is 0 Å². The number of sulfonamides is 1. The van der Waals surface area contributed by atoms with Crippen LogP contribution in [-0.2, 0) is 32.4 Å². The molecule has 0 amide bonds. The van der Waals surface area contributed by atoms with E-state index in [9.17, 15) is 8.42 Å². The highest BCUT2D eigenvalue weighted by molar-refractivity contribution is 7.89. The third kappa shape index (κ3) is 7.42. The van der Waals surface area contributed by atoms with E-state index in [0.717, 1.165) is 11.1 Å². The largest absolute Gasteiger partial charge is 0.524 e. The first kappa shape index (κ1) is 31.1. The van der Waals surface area contributed by atoms with Gasteiger partial charge in [0, 0.05) is 13.1 Å². The second-order valence-electron chi connectivity index (χ2n) is 11.1. The van der Waals surface area contributed by atoms with Crippen LogP contribution in [0.1, 0.15) is 59.1 Å². The number of methoxy groups -OCH3 is 2. The Morgan fingerprint density at radius 1 is 0.897 bits per heavy atom. The van der Waals surface area contributed by atoms with Crippen molar-refractivity contribution < 1.29 is 31.6 Å². The first-order valence-electron chi connectivity index (χ1n) is 13.2. The molecule has 0 spiro atoms. The average molecular weight is 562 g/mol. The van der Waals surface area contributed by atoms with Gasteiger partial charge < -0.3 is 18.8 Å². The zero-order valence-electron chi connectivity index (χ0n) is 24.2. The highest BCUT2D eigenvalue weighted by Crippen LogP contribution is 2.39. The molecule has 0 N–H and O–H groups in total. The van der Waals surface area contributed by atoms with Gasteiger partial charge in [-0.3, -0.25) is 0 Å². The molecule has 2 aromatic rings. The van der Waals surface area contributed by atoms with Crippen LogP contribution in [0, 0.1) is 5.92 Å². The zero-order chi connectivity index (χ0) is 29.0. The van der Waals surface area contributed by atoms with Crippen LogP contribution in [0.2, 0.25) is 0 Å². The molecule has 1 fully saturated rings. The molecule has 1 heterocycles. The van der Waals surface area contributed by atoms with Gasteiger partial charge in [0.1, 0.15) is 17.2 Å². The number of ether oxygens (including phenoxy) is 2. The van der Waals surface area contributed by atoms with Gasteiger partial charge in [0.25, 0.3) is 0 Å². The minimum Gasteiger partial charge on any atom is -0.497 e. The molecule has 0 bridgehead atoms. The summed E-state index contributed by atoms with van der Waals surface area (Å²) in [5, 5.41) is -0.767. The van der Waals surface area contributed by atoms with Crippen molar-refractivity contribution in [2.75, 3.05) is 14.2 Å². The summed E-state index contributed by atoms with van der Waals surface area (Å²) >= 11 is 0. The quantitative estimate of drug-likeness (QED) is 0.299. The predicted molar refractivity (Wildman–Crippen MR) is 153 cm³/mol. The Hall–Kier alpha value is -2.40. The number of nitrogens with zero attached hydrogens (tertiary/aromatic N) is 1. The molecule has 7 nitrogen and oxygen atoms in total. The lowest BCUT2D eigenvalue weighted by Crippen LogP contribution is -2.41. The smallest absolute Gasteiger partial charge is 0.497 e. The SMILES string of the molecule is COc1ccc(CN(Cc2ccc(OC)cc2)S(=O)(=O)[C@H](C)[C@@H](C)C/C=C(\F)B2OC(C)(C)C(C)(C)O2)cc1. The summed E-state index contributed by atoms with van der Waals surface area (Å²) in [6.45, 7) is 11.3. The molecule has 3 rings (SSSR count). The van der Waals surface area contributed by atoms with Crippen LogP contribution in [-0.4, -0.2) is 50.5 Å². The van der Waals surface area contributed by atoms with E-state index in [-0.39, 0.29) is 25.4 Å². The van der Waals surface area contributed by atoms with Gasteiger partial charge in [-0.05, 0) is 82.3 Å². The Morgan fingerprint density at radius 3 is 1.69 bits per heavy atom. The average Bonchev–Trinajstić information content (AvgIpc) is 3.13. The first-order chi connectivity index (χ1) is 18.2. The number of halogens is 1. The summed E-state index contributed by atoms with van der Waals surface area (Å²) in [5.41, 5.74) is -0.194. The molecule has 10 heteroatoms. The molecule has 0 aromatic heterocycles.